The summed E-state index contributed by atoms with van der Waals surface area (Å²) in [6.45, 7) is 7.13. The molecule has 0 radical (unpaired) electrons. The van der Waals surface area contributed by atoms with Crippen molar-refractivity contribution in [1.29, 1.82) is 0 Å². The van der Waals surface area contributed by atoms with E-state index in [4.69, 9.17) is 9.47 Å². The largest absolute Gasteiger partial charge is 0.472 e. The van der Waals surface area contributed by atoms with Gasteiger partial charge in [0.1, 0.15) is 29.3 Å². The Morgan fingerprint density at radius 3 is 2.60 bits per heavy atom. The van der Waals surface area contributed by atoms with E-state index in [-0.39, 0.29) is 19.4 Å². The lowest BCUT2D eigenvalue weighted by Crippen LogP contribution is -2.58. The summed E-state index contributed by atoms with van der Waals surface area (Å²) in [5.74, 6) is -1.90. The molecule has 2 aliphatic heterocycles. The Morgan fingerprint density at radius 2 is 1.87 bits per heavy atom. The average molecular weight is 738 g/mol. The monoisotopic (exact) mass is 737 g/mol. The SMILES string of the molecule is CCCC1(S(=O)(=O)NC(=O)C23CC2/C=C\CCCCCC(NC(=O)OC(C)(C)C)C(=O)N2CC(Oc4nccc5ccccc45)CC2C(=O)N3)CC1. The molecule has 2 aromatic rings. The first-order valence-electron chi connectivity index (χ1n) is 18.5. The van der Waals surface area contributed by atoms with E-state index in [0.29, 0.717) is 50.8 Å². The van der Waals surface area contributed by atoms with Gasteiger partial charge in [-0.15, -0.1) is 0 Å². The number of hydrogen-bond acceptors (Lipinski definition) is 9. The molecule has 0 spiro atoms. The normalized spacial score (nSPS) is 28.3. The topological polar surface area (TPSA) is 173 Å². The molecule has 4 aliphatic rings. The van der Waals surface area contributed by atoms with E-state index in [9.17, 15) is 27.6 Å². The number of allylic oxidation sites excluding steroid dienone is 1. The molecule has 1 saturated heterocycles. The number of rotatable bonds is 8. The second-order valence-electron chi connectivity index (χ2n) is 15.7. The van der Waals surface area contributed by atoms with Crippen LogP contribution in [0.5, 0.6) is 5.88 Å². The third-order valence-electron chi connectivity index (χ3n) is 10.6. The Labute approximate surface area is 305 Å². The molecule has 3 N–H and O–H groups in total. The summed E-state index contributed by atoms with van der Waals surface area (Å²) in [6.07, 6.45) is 9.71. The first-order chi connectivity index (χ1) is 24.7. The predicted octanol–water partition coefficient (Wildman–Crippen LogP) is 4.65. The molecule has 0 bridgehead atoms. The fourth-order valence-corrected chi connectivity index (χ4v) is 9.28. The fourth-order valence-electron chi connectivity index (χ4n) is 7.53. The third-order valence-corrected chi connectivity index (χ3v) is 12.8. The zero-order chi connectivity index (χ0) is 37.3. The van der Waals surface area contributed by atoms with Crippen LogP contribution in [-0.2, 0) is 29.1 Å². The van der Waals surface area contributed by atoms with Gasteiger partial charge in [-0.25, -0.2) is 18.2 Å². The molecule has 4 amide bonds. The van der Waals surface area contributed by atoms with Crippen LogP contribution in [0.4, 0.5) is 4.79 Å². The number of pyridine rings is 1. The van der Waals surface area contributed by atoms with Crippen molar-refractivity contribution >= 4 is 44.6 Å². The van der Waals surface area contributed by atoms with Crippen molar-refractivity contribution < 1.29 is 37.1 Å². The number of carbonyl (C=O) groups is 4. The number of alkyl carbamates (subject to hydrolysis) is 1. The van der Waals surface area contributed by atoms with Crippen molar-refractivity contribution in [2.75, 3.05) is 6.54 Å². The third kappa shape index (κ3) is 8.06. The van der Waals surface area contributed by atoms with Gasteiger partial charge in [-0.3, -0.25) is 19.1 Å². The lowest BCUT2D eigenvalue weighted by Gasteiger charge is -2.30. The molecule has 5 atom stereocenters. The number of fused-ring (bicyclic) bond motifs is 3. The van der Waals surface area contributed by atoms with E-state index in [2.05, 4.69) is 20.3 Å². The molecule has 1 aromatic heterocycles. The smallest absolute Gasteiger partial charge is 0.408 e. The minimum atomic E-state index is -3.99. The van der Waals surface area contributed by atoms with Crippen LogP contribution >= 0.6 is 0 Å². The van der Waals surface area contributed by atoms with Crippen molar-refractivity contribution in [1.82, 2.24) is 25.2 Å². The number of nitrogens with one attached hydrogen (secondary N) is 3. The van der Waals surface area contributed by atoms with Crippen molar-refractivity contribution in [3.63, 3.8) is 0 Å². The van der Waals surface area contributed by atoms with Crippen LogP contribution in [0.15, 0.2) is 48.7 Å². The summed E-state index contributed by atoms with van der Waals surface area (Å²) < 4.78 is 40.2. The summed E-state index contributed by atoms with van der Waals surface area (Å²) in [4.78, 5) is 61.6. The molecule has 14 heteroatoms. The minimum absolute atomic E-state index is 0.0186. The van der Waals surface area contributed by atoms with Crippen LogP contribution in [-0.4, -0.2) is 82.7 Å². The van der Waals surface area contributed by atoms with Crippen LogP contribution in [0.3, 0.4) is 0 Å². The van der Waals surface area contributed by atoms with E-state index >= 15 is 0 Å². The summed E-state index contributed by atoms with van der Waals surface area (Å²) in [7, 11) is -3.99. The molecule has 3 heterocycles. The second-order valence-corrected chi connectivity index (χ2v) is 17.8. The van der Waals surface area contributed by atoms with E-state index in [1.165, 1.54) is 4.90 Å². The molecule has 282 valence electrons. The highest BCUT2D eigenvalue weighted by molar-refractivity contribution is 7.91. The first kappa shape index (κ1) is 37.6. The molecule has 13 nitrogen and oxygen atoms in total. The van der Waals surface area contributed by atoms with Gasteiger partial charge < -0.3 is 25.0 Å². The lowest BCUT2D eigenvalue weighted by molar-refractivity contribution is -0.141. The Hall–Kier alpha value is -4.20. The molecular weight excluding hydrogens is 687 g/mol. The van der Waals surface area contributed by atoms with Gasteiger partial charge in [0, 0.05) is 23.9 Å². The number of amides is 4. The maximum atomic E-state index is 14.4. The summed E-state index contributed by atoms with van der Waals surface area (Å²) in [5, 5.41) is 7.35. The lowest BCUT2D eigenvalue weighted by atomic mass is 10.0. The number of aromatic nitrogens is 1. The number of ether oxygens (including phenoxy) is 2. The van der Waals surface area contributed by atoms with Gasteiger partial charge in [0.25, 0.3) is 5.91 Å². The quantitative estimate of drug-likeness (QED) is 0.326. The Balaban J connectivity index is 1.30. The van der Waals surface area contributed by atoms with Gasteiger partial charge in [0.2, 0.25) is 27.7 Å². The molecule has 6 rings (SSSR count). The number of carbonyl (C=O) groups excluding carboxylic acids is 4. The summed E-state index contributed by atoms with van der Waals surface area (Å²) in [5.41, 5.74) is -2.29. The Morgan fingerprint density at radius 1 is 1.10 bits per heavy atom. The van der Waals surface area contributed by atoms with Crippen LogP contribution < -0.4 is 20.1 Å². The molecular formula is C38H51N5O8S. The van der Waals surface area contributed by atoms with E-state index in [0.717, 1.165) is 23.6 Å². The van der Waals surface area contributed by atoms with Crippen LogP contribution in [0.25, 0.3) is 10.8 Å². The molecule has 2 saturated carbocycles. The van der Waals surface area contributed by atoms with Crippen LogP contribution in [0.2, 0.25) is 0 Å². The fraction of sp³-hybridized carbons (Fsp3) is 0.605. The van der Waals surface area contributed by atoms with Gasteiger partial charge >= 0.3 is 6.09 Å². The van der Waals surface area contributed by atoms with Crippen molar-refractivity contribution in [2.45, 2.75) is 132 Å². The Kier molecular flexibility index (Phi) is 10.6. The second kappa shape index (κ2) is 14.7. The maximum Gasteiger partial charge on any atom is 0.408 e. The standard InChI is InChI=1S/C38H51N5O8S/c1-5-18-37(19-20-37)52(48,49)42-34(46)38-23-26(38)14-9-7-6-8-10-16-29(40-35(47)51-36(2,3)4)33(45)43-24-27(22-30(43)31(44)41-38)50-32-28-15-12-11-13-25(28)17-21-39-32/h9,11-15,17,21,26-27,29-30H,5-8,10,16,18-20,22-24H2,1-4H3,(H,40,47)(H,41,44)(H,42,46)/b14-9-. The van der Waals surface area contributed by atoms with E-state index < -0.39 is 73.8 Å². The summed E-state index contributed by atoms with van der Waals surface area (Å²) in [6, 6.07) is 7.40. The number of nitrogens with zero attached hydrogens (tertiary/aromatic N) is 2. The minimum Gasteiger partial charge on any atom is -0.472 e. The van der Waals surface area contributed by atoms with Crippen molar-refractivity contribution in [3.05, 3.63) is 48.7 Å². The zero-order valence-electron chi connectivity index (χ0n) is 30.5. The predicted molar refractivity (Wildman–Crippen MR) is 195 cm³/mol. The number of benzene rings is 1. The highest BCUT2D eigenvalue weighted by atomic mass is 32.2. The molecule has 2 aliphatic carbocycles. The van der Waals surface area contributed by atoms with Crippen LogP contribution in [0, 0.1) is 5.92 Å². The van der Waals surface area contributed by atoms with Gasteiger partial charge in [-0.2, -0.15) is 0 Å². The van der Waals surface area contributed by atoms with E-state index in [1.807, 2.05) is 49.4 Å². The highest BCUT2D eigenvalue weighted by Crippen LogP contribution is 2.49. The first-order valence-corrected chi connectivity index (χ1v) is 20.0. The van der Waals surface area contributed by atoms with E-state index in [1.54, 1.807) is 27.0 Å². The Bertz CT molecular complexity index is 1830. The van der Waals surface area contributed by atoms with Gasteiger partial charge in [-0.1, -0.05) is 56.5 Å². The van der Waals surface area contributed by atoms with Gasteiger partial charge in [-0.05, 0) is 83.2 Å². The molecule has 1 aromatic carbocycles. The molecule has 5 unspecified atom stereocenters. The molecule has 3 fully saturated rings. The molecule has 52 heavy (non-hydrogen) atoms. The van der Waals surface area contributed by atoms with Gasteiger partial charge in [0.05, 0.1) is 11.3 Å². The van der Waals surface area contributed by atoms with Crippen LogP contribution in [0.1, 0.15) is 98.3 Å². The van der Waals surface area contributed by atoms with Crippen molar-refractivity contribution in [3.8, 4) is 5.88 Å². The van der Waals surface area contributed by atoms with Crippen molar-refractivity contribution in [2.24, 2.45) is 5.92 Å². The average Bonchev–Trinajstić information content (AvgIpc) is 3.97. The highest BCUT2D eigenvalue weighted by Gasteiger charge is 2.63. The maximum absolute atomic E-state index is 14.4. The summed E-state index contributed by atoms with van der Waals surface area (Å²) >= 11 is 0. The number of hydrogen-bond donors (Lipinski definition) is 3. The van der Waals surface area contributed by atoms with Gasteiger partial charge in [0.15, 0.2) is 0 Å². The zero-order valence-corrected chi connectivity index (χ0v) is 31.3. The number of sulfonamides is 1.